The van der Waals surface area contributed by atoms with Gasteiger partial charge in [-0.25, -0.2) is 0 Å². The Hall–Kier alpha value is -1.58. The van der Waals surface area contributed by atoms with Gasteiger partial charge in [0.1, 0.15) is 11.5 Å². The number of unbranched alkanes of at least 4 members (excludes halogenated alkanes) is 5. The number of Topliss-reactive ketones (excluding diaryl/α,β-unsaturated/α-hetero) is 1. The van der Waals surface area contributed by atoms with Gasteiger partial charge in [0.05, 0.1) is 0 Å². The molecule has 1 aliphatic carbocycles. The minimum absolute atomic E-state index is 0.0919. The molecule has 1 aliphatic rings. The van der Waals surface area contributed by atoms with E-state index < -0.39 is 5.76 Å². The smallest absolute Gasteiger partial charge is 0.274 e. The first kappa shape index (κ1) is 20.5. The molecule has 0 heterocycles. The minimum Gasteiger partial charge on any atom is -0.508 e. The van der Waals surface area contributed by atoms with Crippen LogP contribution < -0.4 is 0 Å². The van der Waals surface area contributed by atoms with Crippen molar-refractivity contribution >= 4 is 12.1 Å². The molecular formula is C20H31O4. The van der Waals surface area contributed by atoms with Gasteiger partial charge in [-0.15, -0.1) is 0 Å². The van der Waals surface area contributed by atoms with Gasteiger partial charge in [-0.1, -0.05) is 44.8 Å². The van der Waals surface area contributed by atoms with E-state index in [0.29, 0.717) is 24.5 Å². The predicted octanol–water partition coefficient (Wildman–Crippen LogP) is 5.11. The number of aliphatic hydroxyl groups is 2. The molecule has 0 amide bonds. The van der Waals surface area contributed by atoms with E-state index in [1.54, 1.807) is 0 Å². The molecular weight excluding hydrogens is 304 g/mol. The number of carbonyl (C=O) groups is 1. The van der Waals surface area contributed by atoms with Crippen LogP contribution in [0.5, 0.6) is 0 Å². The molecule has 1 rings (SSSR count). The largest absolute Gasteiger partial charge is 0.508 e. The number of allylic oxidation sites excluding steroid dienone is 4. The first-order valence-electron chi connectivity index (χ1n) is 9.28. The topological polar surface area (TPSA) is 74.6 Å². The second-order valence-corrected chi connectivity index (χ2v) is 6.70. The van der Waals surface area contributed by atoms with Crippen molar-refractivity contribution in [1.82, 2.24) is 0 Å². The molecule has 0 aliphatic heterocycles. The van der Waals surface area contributed by atoms with Gasteiger partial charge >= 0.3 is 0 Å². The fraction of sp³-hybridized carbons (Fsp3) is 0.700. The molecule has 1 saturated carbocycles. The van der Waals surface area contributed by atoms with Gasteiger partial charge in [-0.2, -0.15) is 0 Å². The molecule has 135 valence electrons. The summed E-state index contributed by atoms with van der Waals surface area (Å²) in [5.41, 5.74) is 0. The quantitative estimate of drug-likeness (QED) is 0.225. The van der Waals surface area contributed by atoms with Crippen molar-refractivity contribution in [3.05, 3.63) is 23.7 Å². The van der Waals surface area contributed by atoms with E-state index in [0.717, 1.165) is 25.7 Å². The van der Waals surface area contributed by atoms with Crippen LogP contribution in [-0.4, -0.2) is 22.3 Å². The van der Waals surface area contributed by atoms with Crippen LogP contribution in [0.25, 0.3) is 0 Å². The van der Waals surface area contributed by atoms with Gasteiger partial charge in [0.25, 0.3) is 6.29 Å². The molecule has 1 radical (unpaired) electrons. The van der Waals surface area contributed by atoms with Gasteiger partial charge in [0.15, 0.2) is 0 Å². The third-order valence-electron chi connectivity index (χ3n) is 4.81. The van der Waals surface area contributed by atoms with E-state index in [4.69, 9.17) is 5.11 Å². The average molecular weight is 335 g/mol. The fourth-order valence-electron chi connectivity index (χ4n) is 3.33. The molecule has 0 spiro atoms. The highest BCUT2D eigenvalue weighted by Crippen LogP contribution is 2.34. The third-order valence-corrected chi connectivity index (χ3v) is 4.81. The Morgan fingerprint density at radius 1 is 1.21 bits per heavy atom. The molecule has 0 aromatic carbocycles. The number of carbonyl (C=O) groups excluding carboxylic acids is 2. The minimum atomic E-state index is -0.712. The number of hydrogen-bond donors (Lipinski definition) is 2. The van der Waals surface area contributed by atoms with Crippen LogP contribution in [0.4, 0.5) is 0 Å². The van der Waals surface area contributed by atoms with E-state index in [2.05, 4.69) is 19.1 Å². The van der Waals surface area contributed by atoms with Crippen molar-refractivity contribution in [3.8, 4) is 0 Å². The zero-order valence-corrected chi connectivity index (χ0v) is 14.8. The Bertz CT molecular complexity index is 451. The second kappa shape index (κ2) is 11.9. The summed E-state index contributed by atoms with van der Waals surface area (Å²) in [5.74, 6) is -0.236. The fourth-order valence-corrected chi connectivity index (χ4v) is 3.33. The number of aliphatic hydroxyl groups excluding tert-OH is 2. The van der Waals surface area contributed by atoms with Crippen molar-refractivity contribution in [1.29, 1.82) is 0 Å². The number of ketones is 1. The average Bonchev–Trinajstić information content (AvgIpc) is 2.93. The molecule has 24 heavy (non-hydrogen) atoms. The first-order valence-corrected chi connectivity index (χ1v) is 9.28. The summed E-state index contributed by atoms with van der Waals surface area (Å²) in [4.78, 5) is 22.3. The Balaban J connectivity index is 2.32. The van der Waals surface area contributed by atoms with Crippen molar-refractivity contribution in [2.75, 3.05) is 0 Å². The lowest BCUT2D eigenvalue weighted by Crippen LogP contribution is -2.13. The maximum atomic E-state index is 12.1. The Morgan fingerprint density at radius 3 is 2.71 bits per heavy atom. The summed E-state index contributed by atoms with van der Waals surface area (Å²) in [6.45, 7) is 2.21. The third kappa shape index (κ3) is 7.33. The van der Waals surface area contributed by atoms with Crippen LogP contribution in [0.2, 0.25) is 0 Å². The maximum absolute atomic E-state index is 12.1. The van der Waals surface area contributed by atoms with E-state index in [1.165, 1.54) is 32.0 Å². The Kier molecular flexibility index (Phi) is 10.1. The lowest BCUT2D eigenvalue weighted by atomic mass is 9.89. The van der Waals surface area contributed by atoms with Crippen LogP contribution in [0.15, 0.2) is 23.7 Å². The van der Waals surface area contributed by atoms with Gasteiger partial charge < -0.3 is 10.2 Å². The molecule has 0 aromatic heterocycles. The van der Waals surface area contributed by atoms with Gasteiger partial charge in [0.2, 0.25) is 5.76 Å². The summed E-state index contributed by atoms with van der Waals surface area (Å²) in [5, 5.41) is 18.4. The van der Waals surface area contributed by atoms with Crippen LogP contribution >= 0.6 is 0 Å². The zero-order valence-electron chi connectivity index (χ0n) is 14.8. The molecule has 4 heteroatoms. The molecule has 4 nitrogen and oxygen atoms in total. The Labute approximate surface area is 145 Å². The van der Waals surface area contributed by atoms with Crippen LogP contribution in [0, 0.1) is 11.8 Å². The molecule has 2 N–H and O–H groups in total. The predicted molar refractivity (Wildman–Crippen MR) is 95.6 cm³/mol. The van der Waals surface area contributed by atoms with Crippen molar-refractivity contribution in [3.63, 3.8) is 0 Å². The summed E-state index contributed by atoms with van der Waals surface area (Å²) < 4.78 is 0. The molecule has 1 fully saturated rings. The number of rotatable bonds is 12. The second-order valence-electron chi connectivity index (χ2n) is 6.70. The van der Waals surface area contributed by atoms with E-state index in [1.807, 2.05) is 0 Å². The van der Waals surface area contributed by atoms with Gasteiger partial charge in [-0.3, -0.25) is 9.59 Å². The van der Waals surface area contributed by atoms with E-state index in [-0.39, 0.29) is 18.1 Å². The molecule has 0 unspecified atom stereocenters. The van der Waals surface area contributed by atoms with E-state index in [9.17, 15) is 14.7 Å². The standard InChI is InChI=1S/C20H31O4/c1-2-3-4-5-6-7-10-16-13-14-18(22)17(16)11-8-9-12-19(23)20(24)15-21/h7,10,16-17,23-24H,2-6,8-9,11-14H2,1H3/b10-7+,20-19+/t16-,17+/m0/s1. The van der Waals surface area contributed by atoms with Crippen LogP contribution in [0.1, 0.15) is 77.6 Å². The van der Waals surface area contributed by atoms with E-state index >= 15 is 0 Å². The lowest BCUT2D eigenvalue weighted by molar-refractivity contribution is -0.121. The summed E-state index contributed by atoms with van der Waals surface area (Å²) in [6.07, 6.45) is 16.0. The summed E-state index contributed by atoms with van der Waals surface area (Å²) >= 11 is 0. The zero-order chi connectivity index (χ0) is 17.8. The summed E-state index contributed by atoms with van der Waals surface area (Å²) in [7, 11) is 0. The lowest BCUT2D eigenvalue weighted by Gasteiger charge is -2.14. The highest BCUT2D eigenvalue weighted by Gasteiger charge is 2.32. The highest BCUT2D eigenvalue weighted by atomic mass is 16.3. The van der Waals surface area contributed by atoms with Gasteiger partial charge in [-0.05, 0) is 38.0 Å². The molecule has 2 atom stereocenters. The molecule has 0 aromatic rings. The van der Waals surface area contributed by atoms with Gasteiger partial charge in [0, 0.05) is 18.8 Å². The van der Waals surface area contributed by atoms with Crippen molar-refractivity contribution in [2.24, 2.45) is 11.8 Å². The summed E-state index contributed by atoms with van der Waals surface area (Å²) in [6, 6.07) is 0. The SMILES string of the molecule is CCCCCC/C=C/[C@H]1CCC(=O)[C@@H]1CCCC/C(O)=C(\O)[C]=O. The first-order chi connectivity index (χ1) is 11.6. The maximum Gasteiger partial charge on any atom is 0.274 e. The molecule has 0 saturated heterocycles. The monoisotopic (exact) mass is 335 g/mol. The van der Waals surface area contributed by atoms with Crippen LogP contribution in [-0.2, 0) is 9.59 Å². The van der Waals surface area contributed by atoms with Crippen molar-refractivity contribution < 1.29 is 19.8 Å². The Morgan fingerprint density at radius 2 is 2.00 bits per heavy atom. The highest BCUT2D eigenvalue weighted by molar-refractivity contribution is 5.83. The number of hydrogen-bond acceptors (Lipinski definition) is 4. The van der Waals surface area contributed by atoms with Crippen LogP contribution in [0.3, 0.4) is 0 Å². The normalized spacial score (nSPS) is 22.1. The molecule has 0 bridgehead atoms. The van der Waals surface area contributed by atoms with Crippen molar-refractivity contribution in [2.45, 2.75) is 77.6 Å².